The van der Waals surface area contributed by atoms with Gasteiger partial charge in [-0.25, -0.2) is 0 Å². The summed E-state index contributed by atoms with van der Waals surface area (Å²) in [5, 5.41) is 13.4. The molecule has 0 bridgehead atoms. The van der Waals surface area contributed by atoms with Crippen LogP contribution in [0, 0.1) is 6.92 Å². The quantitative estimate of drug-likeness (QED) is 0.914. The normalized spacial score (nSPS) is 21.8. The summed E-state index contributed by atoms with van der Waals surface area (Å²) in [4.78, 5) is 12.6. The van der Waals surface area contributed by atoms with Crippen molar-refractivity contribution in [2.24, 2.45) is 0 Å². The molecule has 0 radical (unpaired) electrons. The standard InChI is InChI=1S/C17H21NO4/c1-10-16(14-9-13(21-2)7-8-15(14)22-10)17(20)18-11-3-5-12(19)6-4-11/h7-9,11-12,19H,3-6H2,1-2H3,(H,18,20). The van der Waals surface area contributed by atoms with Gasteiger partial charge in [0.1, 0.15) is 17.1 Å². The fourth-order valence-corrected chi connectivity index (χ4v) is 3.09. The molecule has 0 aliphatic heterocycles. The van der Waals surface area contributed by atoms with Crippen molar-refractivity contribution < 1.29 is 19.1 Å². The van der Waals surface area contributed by atoms with E-state index in [-0.39, 0.29) is 18.1 Å². The van der Waals surface area contributed by atoms with Crippen LogP contribution in [0.5, 0.6) is 5.75 Å². The molecule has 1 amide bonds. The highest BCUT2D eigenvalue weighted by atomic mass is 16.5. The third kappa shape index (κ3) is 2.81. The number of methoxy groups -OCH3 is 1. The van der Waals surface area contributed by atoms with Gasteiger partial charge >= 0.3 is 0 Å². The number of rotatable bonds is 3. The molecule has 2 aromatic rings. The highest BCUT2D eigenvalue weighted by Crippen LogP contribution is 2.29. The van der Waals surface area contributed by atoms with Crippen molar-refractivity contribution in [3.05, 3.63) is 29.5 Å². The van der Waals surface area contributed by atoms with E-state index in [2.05, 4.69) is 5.32 Å². The monoisotopic (exact) mass is 303 g/mol. The van der Waals surface area contributed by atoms with Crippen LogP contribution in [0.3, 0.4) is 0 Å². The maximum Gasteiger partial charge on any atom is 0.255 e. The van der Waals surface area contributed by atoms with E-state index in [4.69, 9.17) is 9.15 Å². The number of ether oxygens (including phenoxy) is 1. The maximum atomic E-state index is 12.6. The van der Waals surface area contributed by atoms with Crippen LogP contribution in [0.2, 0.25) is 0 Å². The van der Waals surface area contributed by atoms with Crippen LogP contribution in [0.1, 0.15) is 41.8 Å². The van der Waals surface area contributed by atoms with Gasteiger partial charge in [-0.3, -0.25) is 4.79 Å². The molecule has 1 aromatic heterocycles. The highest BCUT2D eigenvalue weighted by Gasteiger charge is 2.24. The van der Waals surface area contributed by atoms with E-state index in [9.17, 15) is 9.90 Å². The number of aliphatic hydroxyl groups is 1. The van der Waals surface area contributed by atoms with E-state index in [0.29, 0.717) is 22.7 Å². The molecule has 118 valence electrons. The van der Waals surface area contributed by atoms with Crippen molar-refractivity contribution in [3.8, 4) is 5.75 Å². The minimum Gasteiger partial charge on any atom is -0.497 e. The number of aryl methyl sites for hydroxylation is 1. The molecule has 1 saturated carbocycles. The van der Waals surface area contributed by atoms with Crippen LogP contribution >= 0.6 is 0 Å². The number of nitrogens with one attached hydrogen (secondary N) is 1. The molecule has 3 rings (SSSR count). The van der Waals surface area contributed by atoms with E-state index in [1.165, 1.54) is 0 Å². The van der Waals surface area contributed by atoms with E-state index >= 15 is 0 Å². The molecule has 22 heavy (non-hydrogen) atoms. The molecule has 1 heterocycles. The fourth-order valence-electron chi connectivity index (χ4n) is 3.09. The highest BCUT2D eigenvalue weighted by molar-refractivity contribution is 6.07. The SMILES string of the molecule is COc1ccc2oc(C)c(C(=O)NC3CCC(O)CC3)c2c1. The number of fused-ring (bicyclic) bond motifs is 1. The lowest BCUT2D eigenvalue weighted by Gasteiger charge is -2.26. The first kappa shape index (κ1) is 14.9. The van der Waals surface area contributed by atoms with Crippen molar-refractivity contribution in [1.82, 2.24) is 5.32 Å². The van der Waals surface area contributed by atoms with Gasteiger partial charge in [0, 0.05) is 11.4 Å². The van der Waals surface area contributed by atoms with Crippen LogP contribution in [0.25, 0.3) is 11.0 Å². The van der Waals surface area contributed by atoms with Crippen LogP contribution in [-0.4, -0.2) is 30.3 Å². The lowest BCUT2D eigenvalue weighted by Crippen LogP contribution is -2.38. The van der Waals surface area contributed by atoms with Gasteiger partial charge in [0.2, 0.25) is 0 Å². The average molecular weight is 303 g/mol. The number of benzene rings is 1. The molecular formula is C17H21NO4. The zero-order chi connectivity index (χ0) is 15.7. The Morgan fingerprint density at radius 2 is 2.05 bits per heavy atom. The van der Waals surface area contributed by atoms with E-state index in [0.717, 1.165) is 31.1 Å². The second-order valence-corrected chi connectivity index (χ2v) is 5.87. The molecule has 5 heteroatoms. The Bertz CT molecular complexity index is 683. The molecular weight excluding hydrogens is 282 g/mol. The number of hydrogen-bond acceptors (Lipinski definition) is 4. The van der Waals surface area contributed by atoms with Crippen LogP contribution in [-0.2, 0) is 0 Å². The number of carbonyl (C=O) groups excluding carboxylic acids is 1. The second-order valence-electron chi connectivity index (χ2n) is 5.87. The van der Waals surface area contributed by atoms with E-state index in [1.807, 2.05) is 18.2 Å². The summed E-state index contributed by atoms with van der Waals surface area (Å²) < 4.78 is 10.9. The largest absolute Gasteiger partial charge is 0.497 e. The molecule has 0 atom stereocenters. The van der Waals surface area contributed by atoms with Gasteiger partial charge < -0.3 is 19.6 Å². The Balaban J connectivity index is 1.85. The molecule has 0 unspecified atom stereocenters. The summed E-state index contributed by atoms with van der Waals surface area (Å²) in [5.74, 6) is 1.19. The Hall–Kier alpha value is -2.01. The first-order chi connectivity index (χ1) is 10.6. The number of carbonyl (C=O) groups is 1. The summed E-state index contributed by atoms with van der Waals surface area (Å²) in [6, 6.07) is 5.57. The zero-order valence-corrected chi connectivity index (χ0v) is 12.9. The lowest BCUT2D eigenvalue weighted by molar-refractivity contribution is 0.0867. The average Bonchev–Trinajstić information content (AvgIpc) is 2.84. The summed E-state index contributed by atoms with van der Waals surface area (Å²) in [6.07, 6.45) is 2.87. The van der Waals surface area contributed by atoms with Gasteiger partial charge in [-0.1, -0.05) is 0 Å². The topological polar surface area (TPSA) is 71.7 Å². The Morgan fingerprint density at radius 3 is 2.73 bits per heavy atom. The van der Waals surface area contributed by atoms with Crippen molar-refractivity contribution in [2.75, 3.05) is 7.11 Å². The third-order valence-corrected chi connectivity index (χ3v) is 4.33. The number of hydrogen-bond donors (Lipinski definition) is 2. The summed E-state index contributed by atoms with van der Waals surface area (Å²) >= 11 is 0. The van der Waals surface area contributed by atoms with Crippen molar-refractivity contribution in [1.29, 1.82) is 0 Å². The van der Waals surface area contributed by atoms with Crippen LogP contribution < -0.4 is 10.1 Å². The predicted molar refractivity (Wildman–Crippen MR) is 83.2 cm³/mol. The minimum atomic E-state index is -0.228. The second kappa shape index (κ2) is 6.01. The number of amides is 1. The van der Waals surface area contributed by atoms with Crippen molar-refractivity contribution in [2.45, 2.75) is 44.8 Å². The smallest absolute Gasteiger partial charge is 0.255 e. The van der Waals surface area contributed by atoms with E-state index in [1.54, 1.807) is 14.0 Å². The third-order valence-electron chi connectivity index (χ3n) is 4.33. The van der Waals surface area contributed by atoms with Gasteiger partial charge in [-0.2, -0.15) is 0 Å². The van der Waals surface area contributed by atoms with Crippen LogP contribution in [0.15, 0.2) is 22.6 Å². The van der Waals surface area contributed by atoms with Gasteiger partial charge in [0.05, 0.1) is 18.8 Å². The predicted octanol–water partition coefficient (Wildman–Crippen LogP) is 2.78. The molecule has 1 aliphatic rings. The molecule has 1 aliphatic carbocycles. The van der Waals surface area contributed by atoms with Gasteiger partial charge in [0.25, 0.3) is 5.91 Å². The Kier molecular flexibility index (Phi) is 4.07. The molecule has 1 fully saturated rings. The maximum absolute atomic E-state index is 12.6. The molecule has 1 aromatic carbocycles. The van der Waals surface area contributed by atoms with Crippen LogP contribution in [0.4, 0.5) is 0 Å². The Labute approximate surface area is 129 Å². The molecule has 0 saturated heterocycles. The summed E-state index contributed by atoms with van der Waals surface area (Å²) in [7, 11) is 1.60. The Morgan fingerprint density at radius 1 is 1.32 bits per heavy atom. The van der Waals surface area contributed by atoms with Gasteiger partial charge in [-0.05, 0) is 50.8 Å². The first-order valence-corrected chi connectivity index (χ1v) is 7.64. The molecule has 5 nitrogen and oxygen atoms in total. The number of furan rings is 1. The first-order valence-electron chi connectivity index (χ1n) is 7.64. The van der Waals surface area contributed by atoms with Crippen molar-refractivity contribution in [3.63, 3.8) is 0 Å². The fraction of sp³-hybridized carbons (Fsp3) is 0.471. The summed E-state index contributed by atoms with van der Waals surface area (Å²) in [6.45, 7) is 1.80. The lowest BCUT2D eigenvalue weighted by atomic mass is 9.93. The summed E-state index contributed by atoms with van der Waals surface area (Å²) in [5.41, 5.74) is 1.25. The zero-order valence-electron chi connectivity index (χ0n) is 12.9. The molecule has 2 N–H and O–H groups in total. The van der Waals surface area contributed by atoms with Gasteiger partial charge in [0.15, 0.2) is 0 Å². The number of aliphatic hydroxyl groups excluding tert-OH is 1. The minimum absolute atomic E-state index is 0.117. The van der Waals surface area contributed by atoms with Crippen molar-refractivity contribution >= 4 is 16.9 Å². The molecule has 0 spiro atoms. The van der Waals surface area contributed by atoms with Gasteiger partial charge in [-0.15, -0.1) is 0 Å². The van der Waals surface area contributed by atoms with E-state index < -0.39 is 0 Å².